The normalized spacial score (nSPS) is 33.3. The molecule has 0 radical (unpaired) electrons. The fourth-order valence-corrected chi connectivity index (χ4v) is 15.7. The predicted octanol–water partition coefficient (Wildman–Crippen LogP) is -0.602. The molecule has 0 bridgehead atoms. The van der Waals surface area contributed by atoms with E-state index in [1.807, 2.05) is 0 Å². The number of rotatable bonds is 57. The maximum absolute atomic E-state index is 14.2. The van der Waals surface area contributed by atoms with Crippen LogP contribution in [-0.2, 0) is 76.1 Å². The predicted molar refractivity (Wildman–Crippen MR) is 408 cm³/mol. The van der Waals surface area contributed by atoms with E-state index in [1.54, 1.807) is 0 Å². The quantitative estimate of drug-likeness (QED) is 0.0267. The van der Waals surface area contributed by atoms with Gasteiger partial charge in [-0.25, -0.2) is 9.59 Å². The maximum Gasteiger partial charge on any atom is 0.364 e. The molecule has 2 unspecified atom stereocenters. The van der Waals surface area contributed by atoms with Crippen molar-refractivity contribution in [2.24, 2.45) is 5.92 Å². The van der Waals surface area contributed by atoms with Crippen molar-refractivity contribution in [1.82, 2.24) is 16.0 Å². The Balaban J connectivity index is 1.44. The molecular formula is C79H139N3O34. The third-order valence-electron chi connectivity index (χ3n) is 22.3. The average molecular weight is 1670 g/mol. The molecule has 0 spiro atoms. The minimum Gasteiger partial charge on any atom is -0.477 e. The van der Waals surface area contributed by atoms with Gasteiger partial charge in [-0.05, 0) is 45.4 Å². The van der Waals surface area contributed by atoms with Crippen molar-refractivity contribution in [3.05, 3.63) is 12.2 Å². The number of carbonyl (C=O) groups is 6. The zero-order valence-corrected chi connectivity index (χ0v) is 68.0. The molecule has 5 heterocycles. The summed E-state index contributed by atoms with van der Waals surface area (Å²) >= 11 is 0. The van der Waals surface area contributed by atoms with Crippen molar-refractivity contribution >= 4 is 35.4 Å². The first-order chi connectivity index (χ1) is 55.3. The molecule has 0 aromatic rings. The lowest BCUT2D eigenvalue weighted by Gasteiger charge is -2.52. The van der Waals surface area contributed by atoms with Gasteiger partial charge in [-0.15, -0.1) is 0 Å². The van der Waals surface area contributed by atoms with Crippen LogP contribution in [0.2, 0.25) is 0 Å². The Kier molecular flexibility index (Phi) is 46.6. The Morgan fingerprint density at radius 3 is 1.44 bits per heavy atom. The number of unbranched alkanes of at least 4 members (excludes halogenated alkanes) is 23. The molecule has 0 aromatic heterocycles. The van der Waals surface area contributed by atoms with Crippen LogP contribution >= 0.6 is 0 Å². The molecule has 5 aliphatic heterocycles. The van der Waals surface area contributed by atoms with Crippen molar-refractivity contribution in [1.29, 1.82) is 0 Å². The van der Waals surface area contributed by atoms with E-state index in [0.717, 1.165) is 104 Å². The van der Waals surface area contributed by atoms with E-state index < -0.39 is 265 Å². The number of carboxylic acid groups (broad SMARTS) is 2. The number of aliphatic carboxylic acids is 2. The van der Waals surface area contributed by atoms with Crippen LogP contribution in [0.1, 0.15) is 234 Å². The molecule has 116 heavy (non-hydrogen) atoms. The number of allylic oxidation sites excluding steroid dienone is 2. The summed E-state index contributed by atoms with van der Waals surface area (Å²) in [6.07, 6.45) is -19.9. The highest BCUT2D eigenvalue weighted by Gasteiger charge is 2.64. The number of carboxylic acids is 2. The standard InChI is InChI=1S/C79H139N3O34/c1-6-8-10-12-14-16-18-20-21-23-25-27-29-31-33-35-58(95)82-49(50(91)34-32-30-28-26-24-22-19-17-15-13-11-9-7-2)44-107-74-66(101)65(100)68(56(42-86)109-74)111-75-67(102)72(69(57(43-87)110-75)112-73-48(36-45(3)88)61(96)63(98)54(40-84)108-73)116-79(77(105)106)38-52(93)60(81-47(5)90)71(115-79)64(99)55(41-85)113-78(76(103)104)37-51(92)59(80-46(4)89)70(114-78)62(97)53(94)39-83/h16,18,48-57,59-75,83-87,91-94,96-102H,6-15,17,19-44H2,1-5H3,(H,80,89)(H,81,90)(H,82,95)(H,103,104)(H,105,106)/t48-,49+,50-,51+,52+,53-,54-,55-,56-,57-,59-,60-,61-,62-,63+,64-,65-,66-,67-,68-,69+,70?,71?,72-,73+,74-,75+,78-,79+/m1/s1. The number of ketones is 1. The van der Waals surface area contributed by atoms with Crippen LogP contribution in [0.15, 0.2) is 12.2 Å². The second-order valence-electron chi connectivity index (χ2n) is 31.8. The fraction of sp³-hybridized carbons (Fsp3) is 0.899. The summed E-state index contributed by atoms with van der Waals surface area (Å²) in [6.45, 7) is 0.759. The SMILES string of the molecule is CCCCCCC=CCCCCCCCCCC(=O)N[C@@H](CO[C@@H]1O[C@H](CO)[C@@H](O[C@@H]2O[C@H](CO)[C@H](O[C@@H]3O[C@H](CO)[C@H](O)[C@H](O)[C@H]3CC(C)=O)[C@H](O[C@]3(C(=O)O)C[C@H](O)[C@@H](NC(C)=O)C([C@H](O)[C@@H](CO)O[C@]4(C(=O)O)C[C@H](O)[C@@H](NC(C)=O)C([C@H](O)[C@H](O)CO)O4)O3)[C@H]2O)[C@H](O)[C@H]1O)[C@H](O)CCCCCCCCCCCCCCC. The van der Waals surface area contributed by atoms with E-state index >= 15 is 0 Å². The molecule has 0 aromatic carbocycles. The second kappa shape index (κ2) is 52.9. The first-order valence-corrected chi connectivity index (χ1v) is 41.9. The van der Waals surface area contributed by atoms with E-state index in [-0.39, 0.29) is 18.7 Å². The fourth-order valence-electron chi connectivity index (χ4n) is 15.7. The van der Waals surface area contributed by atoms with Crippen LogP contribution in [0, 0.1) is 5.92 Å². The van der Waals surface area contributed by atoms with Gasteiger partial charge in [-0.2, -0.15) is 0 Å². The largest absolute Gasteiger partial charge is 0.477 e. The number of nitrogens with one attached hydrogen (secondary N) is 3. The van der Waals surface area contributed by atoms with Gasteiger partial charge in [-0.1, -0.05) is 161 Å². The number of hydrogen-bond acceptors (Lipinski definition) is 32. The van der Waals surface area contributed by atoms with Crippen LogP contribution in [-0.4, -0.2) is 338 Å². The van der Waals surface area contributed by atoms with Crippen LogP contribution < -0.4 is 16.0 Å². The maximum atomic E-state index is 14.2. The Bertz CT molecular complexity index is 2860. The molecule has 5 fully saturated rings. The number of Topliss-reactive ketones (excluding diaryl/α,β-unsaturated/α-hetero) is 1. The number of amides is 3. The van der Waals surface area contributed by atoms with Crippen LogP contribution in [0.4, 0.5) is 0 Å². The molecule has 5 rings (SSSR count). The molecule has 0 aliphatic carbocycles. The lowest BCUT2D eigenvalue weighted by Crippen LogP contribution is -2.72. The molecule has 3 amide bonds. The minimum atomic E-state index is -3.57. The molecule has 5 saturated heterocycles. The lowest BCUT2D eigenvalue weighted by molar-refractivity contribution is -0.404. The number of aliphatic hydroxyl groups is 16. The van der Waals surface area contributed by atoms with Gasteiger partial charge in [0, 0.05) is 45.4 Å². The molecule has 5 aliphatic rings. The first kappa shape index (κ1) is 102. The van der Waals surface area contributed by atoms with Crippen molar-refractivity contribution in [3.8, 4) is 0 Å². The topological polar surface area (TPSA) is 595 Å². The van der Waals surface area contributed by atoms with Gasteiger partial charge in [0.25, 0.3) is 11.6 Å². The third kappa shape index (κ3) is 30.9. The monoisotopic (exact) mass is 1670 g/mol. The number of ether oxygens (including phenoxy) is 10. The third-order valence-corrected chi connectivity index (χ3v) is 22.3. The molecule has 37 heteroatoms. The van der Waals surface area contributed by atoms with Crippen molar-refractivity contribution in [2.75, 3.05) is 39.6 Å². The van der Waals surface area contributed by atoms with Crippen LogP contribution in [0.5, 0.6) is 0 Å². The van der Waals surface area contributed by atoms with Gasteiger partial charge in [0.15, 0.2) is 18.9 Å². The van der Waals surface area contributed by atoms with E-state index in [1.165, 1.54) is 70.6 Å². The van der Waals surface area contributed by atoms with Crippen molar-refractivity contribution in [2.45, 2.75) is 404 Å². The van der Waals surface area contributed by atoms with Gasteiger partial charge in [0.1, 0.15) is 103 Å². The summed E-state index contributed by atoms with van der Waals surface area (Å²) < 4.78 is 60.2. The van der Waals surface area contributed by atoms with Gasteiger partial charge < -0.3 is 160 Å². The van der Waals surface area contributed by atoms with Gasteiger partial charge >= 0.3 is 11.9 Å². The van der Waals surface area contributed by atoms with Crippen molar-refractivity contribution < 1.29 is 168 Å². The lowest BCUT2D eigenvalue weighted by atomic mass is 9.86. The van der Waals surface area contributed by atoms with Crippen LogP contribution in [0.3, 0.4) is 0 Å². The Morgan fingerprint density at radius 2 is 0.940 bits per heavy atom. The summed E-state index contributed by atoms with van der Waals surface area (Å²) in [5.74, 6) is -15.9. The minimum absolute atomic E-state index is 0.130. The molecule has 674 valence electrons. The molecular weight excluding hydrogens is 1530 g/mol. The number of aliphatic hydroxyl groups excluding tert-OH is 16. The van der Waals surface area contributed by atoms with E-state index in [9.17, 15) is 121 Å². The molecule has 37 nitrogen and oxygen atoms in total. The first-order valence-electron chi connectivity index (χ1n) is 41.9. The number of carbonyl (C=O) groups excluding carboxylic acids is 4. The smallest absolute Gasteiger partial charge is 0.364 e. The molecule has 29 atom stereocenters. The van der Waals surface area contributed by atoms with Crippen LogP contribution in [0.25, 0.3) is 0 Å². The van der Waals surface area contributed by atoms with E-state index in [0.29, 0.717) is 12.8 Å². The highest BCUT2D eigenvalue weighted by Crippen LogP contribution is 2.43. The van der Waals surface area contributed by atoms with Gasteiger partial charge in [0.2, 0.25) is 17.7 Å². The Hall–Kier alpha value is -4.28. The van der Waals surface area contributed by atoms with Crippen molar-refractivity contribution in [3.63, 3.8) is 0 Å². The molecule has 21 N–H and O–H groups in total. The summed E-state index contributed by atoms with van der Waals surface area (Å²) in [6, 6.07) is -4.87. The Morgan fingerprint density at radius 1 is 0.483 bits per heavy atom. The summed E-state index contributed by atoms with van der Waals surface area (Å²) in [4.78, 5) is 79.2. The zero-order valence-electron chi connectivity index (χ0n) is 68.0. The number of hydrogen-bond donors (Lipinski definition) is 21. The summed E-state index contributed by atoms with van der Waals surface area (Å²) in [5.41, 5.74) is 0. The summed E-state index contributed by atoms with van der Waals surface area (Å²) in [7, 11) is 0. The molecule has 0 saturated carbocycles. The van der Waals surface area contributed by atoms with E-state index in [4.69, 9.17) is 47.4 Å². The van der Waals surface area contributed by atoms with Gasteiger partial charge in [-0.3, -0.25) is 14.4 Å². The zero-order chi connectivity index (χ0) is 85.8. The highest BCUT2D eigenvalue weighted by atomic mass is 16.8. The second-order valence-corrected chi connectivity index (χ2v) is 31.8. The highest BCUT2D eigenvalue weighted by molar-refractivity contribution is 5.78. The Labute approximate surface area is 679 Å². The van der Waals surface area contributed by atoms with Gasteiger partial charge in [0.05, 0.1) is 82.2 Å². The average Bonchev–Trinajstić information content (AvgIpc) is 0.751. The summed E-state index contributed by atoms with van der Waals surface area (Å²) in [5, 5.41) is 211. The van der Waals surface area contributed by atoms with E-state index in [2.05, 4.69) is 41.9 Å².